The molecule has 2 N–H and O–H groups in total. The second-order valence-corrected chi connectivity index (χ2v) is 6.59. The maximum atomic E-state index is 11.7. The Morgan fingerprint density at radius 1 is 1.16 bits per heavy atom. The van der Waals surface area contributed by atoms with Gasteiger partial charge in [0.1, 0.15) is 5.25 Å². The molecule has 1 aromatic carbocycles. The Balaban J connectivity index is 2.83. The average Bonchev–Trinajstić information content (AvgIpc) is 2.26. The molecule has 0 spiro atoms. The third-order valence-corrected chi connectivity index (χ3v) is 3.96. The number of hydrogen-bond acceptors (Lipinski definition) is 4. The van der Waals surface area contributed by atoms with E-state index in [1.54, 1.807) is 24.3 Å². The normalized spacial score (nSPS) is 12.6. The topological polar surface area (TPSA) is 92.3 Å². The molecular formula is C12H16N2O4S. The van der Waals surface area contributed by atoms with Gasteiger partial charge in [0.05, 0.1) is 0 Å². The molecule has 1 atom stereocenters. The van der Waals surface area contributed by atoms with Crippen LogP contribution in [0.25, 0.3) is 0 Å². The van der Waals surface area contributed by atoms with Crippen molar-refractivity contribution in [3.05, 3.63) is 24.3 Å². The first-order chi connectivity index (χ1) is 8.70. The summed E-state index contributed by atoms with van der Waals surface area (Å²) in [4.78, 5) is 22.6. The van der Waals surface area contributed by atoms with Gasteiger partial charge in [-0.25, -0.2) is 8.42 Å². The summed E-state index contributed by atoms with van der Waals surface area (Å²) in [5, 5.41) is 3.93. The number of sulfone groups is 1. The number of hydrogen-bond donors (Lipinski definition) is 2. The van der Waals surface area contributed by atoms with Crippen LogP contribution in [0, 0.1) is 0 Å². The molecule has 19 heavy (non-hydrogen) atoms. The molecule has 0 radical (unpaired) electrons. The molecule has 0 aliphatic rings. The van der Waals surface area contributed by atoms with Crippen LogP contribution < -0.4 is 10.6 Å². The fraction of sp³-hybridized carbons (Fsp3) is 0.333. The molecule has 0 aliphatic heterocycles. The van der Waals surface area contributed by atoms with Crippen molar-refractivity contribution in [3.63, 3.8) is 0 Å². The molecule has 6 nitrogen and oxygen atoms in total. The molecular weight excluding hydrogens is 268 g/mol. The number of benzene rings is 1. The van der Waals surface area contributed by atoms with Crippen LogP contribution in [-0.2, 0) is 19.4 Å². The van der Waals surface area contributed by atoms with Crippen molar-refractivity contribution in [2.45, 2.75) is 19.1 Å². The highest BCUT2D eigenvalue weighted by Crippen LogP contribution is 2.15. The lowest BCUT2D eigenvalue weighted by molar-refractivity contribution is -0.115. The van der Waals surface area contributed by atoms with Gasteiger partial charge in [-0.15, -0.1) is 0 Å². The molecule has 0 aromatic heterocycles. The van der Waals surface area contributed by atoms with Crippen LogP contribution in [0.4, 0.5) is 11.4 Å². The monoisotopic (exact) mass is 284 g/mol. The van der Waals surface area contributed by atoms with Crippen molar-refractivity contribution < 1.29 is 18.0 Å². The molecule has 0 bridgehead atoms. The highest BCUT2D eigenvalue weighted by Gasteiger charge is 2.23. The largest absolute Gasteiger partial charge is 0.326 e. The zero-order valence-corrected chi connectivity index (χ0v) is 11.7. The third-order valence-electron chi connectivity index (χ3n) is 2.46. The van der Waals surface area contributed by atoms with Gasteiger partial charge < -0.3 is 10.6 Å². The van der Waals surface area contributed by atoms with Gasteiger partial charge in [0.2, 0.25) is 11.8 Å². The molecule has 7 heteroatoms. The third kappa shape index (κ3) is 4.70. The van der Waals surface area contributed by atoms with Crippen LogP contribution in [0.2, 0.25) is 0 Å². The van der Waals surface area contributed by atoms with Gasteiger partial charge in [-0.05, 0) is 25.1 Å². The number of carbonyl (C=O) groups excluding carboxylic acids is 2. The molecule has 2 amide bonds. The first kappa shape index (κ1) is 15.2. The molecule has 0 saturated carbocycles. The fourth-order valence-electron chi connectivity index (χ4n) is 1.32. The molecule has 104 valence electrons. The molecule has 1 unspecified atom stereocenters. The van der Waals surface area contributed by atoms with Crippen LogP contribution >= 0.6 is 0 Å². The minimum absolute atomic E-state index is 0.229. The summed E-state index contributed by atoms with van der Waals surface area (Å²) >= 11 is 0. The van der Waals surface area contributed by atoms with Crippen molar-refractivity contribution in [2.24, 2.45) is 0 Å². The maximum absolute atomic E-state index is 11.7. The second-order valence-electron chi connectivity index (χ2n) is 4.22. The number of carbonyl (C=O) groups is 2. The number of anilines is 2. The number of rotatable bonds is 4. The van der Waals surface area contributed by atoms with Gasteiger partial charge in [-0.3, -0.25) is 9.59 Å². The summed E-state index contributed by atoms with van der Waals surface area (Å²) in [5.41, 5.74) is 0.948. The van der Waals surface area contributed by atoms with E-state index >= 15 is 0 Å². The highest BCUT2D eigenvalue weighted by atomic mass is 32.2. The van der Waals surface area contributed by atoms with Crippen molar-refractivity contribution >= 4 is 33.0 Å². The quantitative estimate of drug-likeness (QED) is 0.863. The smallest absolute Gasteiger partial charge is 0.242 e. The van der Waals surface area contributed by atoms with Gasteiger partial charge in [0, 0.05) is 24.6 Å². The van der Waals surface area contributed by atoms with Crippen LogP contribution in [-0.4, -0.2) is 31.7 Å². The van der Waals surface area contributed by atoms with Crippen molar-refractivity contribution in [3.8, 4) is 0 Å². The Morgan fingerprint density at radius 2 is 1.68 bits per heavy atom. The molecule has 1 aromatic rings. The SMILES string of the molecule is CC(=O)Nc1cccc(NC(=O)C(C)S(C)(=O)=O)c1. The van der Waals surface area contributed by atoms with E-state index in [9.17, 15) is 18.0 Å². The second kappa shape index (κ2) is 5.83. The fourth-order valence-corrected chi connectivity index (χ4v) is 1.76. The molecule has 0 fully saturated rings. The summed E-state index contributed by atoms with van der Waals surface area (Å²) in [5.74, 6) is -0.838. The molecule has 0 saturated heterocycles. The lowest BCUT2D eigenvalue weighted by Gasteiger charge is -2.11. The van der Waals surface area contributed by atoms with Gasteiger partial charge in [-0.1, -0.05) is 6.07 Å². The van der Waals surface area contributed by atoms with E-state index < -0.39 is 21.0 Å². The average molecular weight is 284 g/mol. The lowest BCUT2D eigenvalue weighted by Crippen LogP contribution is -2.31. The van der Waals surface area contributed by atoms with E-state index in [-0.39, 0.29) is 5.91 Å². The van der Waals surface area contributed by atoms with Crippen molar-refractivity contribution in [1.29, 1.82) is 0 Å². The first-order valence-corrected chi connectivity index (χ1v) is 7.53. The van der Waals surface area contributed by atoms with Crippen LogP contribution in [0.5, 0.6) is 0 Å². The van der Waals surface area contributed by atoms with Crippen LogP contribution in [0.1, 0.15) is 13.8 Å². The van der Waals surface area contributed by atoms with Crippen molar-refractivity contribution in [1.82, 2.24) is 0 Å². The predicted molar refractivity (Wildman–Crippen MR) is 73.7 cm³/mol. The highest BCUT2D eigenvalue weighted by molar-refractivity contribution is 7.92. The molecule has 1 rings (SSSR count). The van der Waals surface area contributed by atoms with E-state index in [0.29, 0.717) is 11.4 Å². The summed E-state index contributed by atoms with van der Waals surface area (Å²) in [6.45, 7) is 2.69. The van der Waals surface area contributed by atoms with E-state index in [1.165, 1.54) is 13.8 Å². The Hall–Kier alpha value is -1.89. The Bertz CT molecular complexity index is 596. The Kier molecular flexibility index (Phi) is 4.66. The number of nitrogens with one attached hydrogen (secondary N) is 2. The predicted octanol–water partition coefficient (Wildman–Crippen LogP) is 1.02. The van der Waals surface area contributed by atoms with Crippen molar-refractivity contribution in [2.75, 3.05) is 16.9 Å². The first-order valence-electron chi connectivity index (χ1n) is 5.57. The molecule has 0 aliphatic carbocycles. The zero-order valence-electron chi connectivity index (χ0n) is 10.9. The molecule has 0 heterocycles. The van der Waals surface area contributed by atoms with E-state index in [2.05, 4.69) is 10.6 Å². The van der Waals surface area contributed by atoms with Crippen LogP contribution in [0.3, 0.4) is 0 Å². The Morgan fingerprint density at radius 3 is 2.16 bits per heavy atom. The minimum Gasteiger partial charge on any atom is -0.326 e. The van der Waals surface area contributed by atoms with Gasteiger partial charge >= 0.3 is 0 Å². The summed E-state index contributed by atoms with van der Waals surface area (Å²) in [6, 6.07) is 6.47. The standard InChI is InChI=1S/C12H16N2O4S/c1-8(19(3,17)18)12(16)14-11-6-4-5-10(7-11)13-9(2)15/h4-8H,1-3H3,(H,13,15)(H,14,16). The number of amides is 2. The van der Waals surface area contributed by atoms with E-state index in [1.807, 2.05) is 0 Å². The summed E-state index contributed by atoms with van der Waals surface area (Å²) in [6.07, 6.45) is 1.00. The Labute approximate surface area is 112 Å². The lowest BCUT2D eigenvalue weighted by atomic mass is 10.2. The van der Waals surface area contributed by atoms with Gasteiger partial charge in [0.15, 0.2) is 9.84 Å². The van der Waals surface area contributed by atoms with Gasteiger partial charge in [-0.2, -0.15) is 0 Å². The maximum Gasteiger partial charge on any atom is 0.242 e. The minimum atomic E-state index is -3.43. The van der Waals surface area contributed by atoms with E-state index in [0.717, 1.165) is 6.26 Å². The zero-order chi connectivity index (χ0) is 14.6. The van der Waals surface area contributed by atoms with Crippen LogP contribution in [0.15, 0.2) is 24.3 Å². The van der Waals surface area contributed by atoms with E-state index in [4.69, 9.17) is 0 Å². The summed E-state index contributed by atoms with van der Waals surface area (Å²) in [7, 11) is -3.43. The van der Waals surface area contributed by atoms with Gasteiger partial charge in [0.25, 0.3) is 0 Å². The summed E-state index contributed by atoms with van der Waals surface area (Å²) < 4.78 is 22.5.